The van der Waals surface area contributed by atoms with Gasteiger partial charge in [0.1, 0.15) is 0 Å². The van der Waals surface area contributed by atoms with Gasteiger partial charge in [0.25, 0.3) is 5.91 Å². The van der Waals surface area contributed by atoms with Crippen LogP contribution in [-0.2, 0) is 33.6 Å². The van der Waals surface area contributed by atoms with Crippen molar-refractivity contribution in [2.75, 3.05) is 5.32 Å². The van der Waals surface area contributed by atoms with Gasteiger partial charge < -0.3 is 10.1 Å². The van der Waals surface area contributed by atoms with Crippen molar-refractivity contribution in [2.45, 2.75) is 38.7 Å². The van der Waals surface area contributed by atoms with Gasteiger partial charge in [-0.2, -0.15) is 0 Å². The van der Waals surface area contributed by atoms with Crippen LogP contribution in [0.15, 0.2) is 30.5 Å². The molecule has 1 aliphatic rings. The van der Waals surface area contributed by atoms with Crippen LogP contribution in [0.5, 0.6) is 0 Å². The lowest BCUT2D eigenvalue weighted by molar-refractivity contribution is -0.152. The van der Waals surface area contributed by atoms with E-state index in [2.05, 4.69) is 16.4 Å². The number of carbonyl (C=O) groups excluding carboxylic acids is 2. The molecule has 1 N–H and O–H groups in total. The number of aryl methyl sites for hydroxylation is 2. The highest BCUT2D eigenvalue weighted by Gasteiger charge is 2.20. The molecule has 0 bridgehead atoms. The summed E-state index contributed by atoms with van der Waals surface area (Å²) in [5, 5.41) is 3.10. The van der Waals surface area contributed by atoms with Crippen molar-refractivity contribution in [1.82, 2.24) is 4.98 Å². The number of nitrogens with zero attached hydrogens (tertiary/aromatic N) is 1. The summed E-state index contributed by atoms with van der Waals surface area (Å²) in [7, 11) is 0. The number of carbonyl (C=O) groups is 2. The Bertz CT molecular complexity index is 855. The highest BCUT2D eigenvalue weighted by atomic mass is 35.5. The predicted molar refractivity (Wildman–Crippen MR) is 101 cm³/mol. The molecule has 26 heavy (non-hydrogen) atoms. The van der Waals surface area contributed by atoms with Gasteiger partial charge in [-0.1, -0.05) is 41.4 Å². The van der Waals surface area contributed by atoms with Crippen LogP contribution < -0.4 is 5.32 Å². The number of nitrogens with one attached hydrogen (secondary N) is 1. The van der Waals surface area contributed by atoms with Crippen molar-refractivity contribution in [1.29, 1.82) is 0 Å². The van der Waals surface area contributed by atoms with Crippen LogP contribution in [0.4, 0.5) is 5.82 Å². The zero-order valence-corrected chi connectivity index (χ0v) is 15.7. The summed E-state index contributed by atoms with van der Waals surface area (Å²) in [5.41, 5.74) is 3.54. The molecule has 1 aromatic carbocycles. The Balaban J connectivity index is 1.55. The second-order valence-corrected chi connectivity index (χ2v) is 7.08. The highest BCUT2D eigenvalue weighted by Crippen LogP contribution is 2.24. The normalized spacial score (nSPS) is 13.8. The maximum atomic E-state index is 12.2. The van der Waals surface area contributed by atoms with Gasteiger partial charge in [-0.05, 0) is 48.9 Å². The van der Waals surface area contributed by atoms with E-state index in [0.29, 0.717) is 5.02 Å². The minimum absolute atomic E-state index is 0.130. The molecule has 2 aromatic rings. The van der Waals surface area contributed by atoms with E-state index in [1.165, 1.54) is 30.3 Å². The average Bonchev–Trinajstić information content (AvgIpc) is 3.04. The van der Waals surface area contributed by atoms with Gasteiger partial charge in [0.2, 0.25) is 0 Å². The van der Waals surface area contributed by atoms with Crippen molar-refractivity contribution in [3.8, 4) is 0 Å². The van der Waals surface area contributed by atoms with Gasteiger partial charge in [0.05, 0.1) is 16.5 Å². The molecule has 136 valence electrons. The molecule has 3 rings (SSSR count). The minimum Gasteiger partial charge on any atom is -0.452 e. The Morgan fingerprint density at radius 3 is 2.77 bits per heavy atom. The summed E-state index contributed by atoms with van der Waals surface area (Å²) in [6.07, 6.45) is 3.83. The van der Waals surface area contributed by atoms with Crippen molar-refractivity contribution in [2.24, 2.45) is 0 Å². The summed E-state index contributed by atoms with van der Waals surface area (Å²) in [6.45, 7) is 1.50. The monoisotopic (exact) mass is 392 g/mol. The van der Waals surface area contributed by atoms with Crippen LogP contribution in [0.3, 0.4) is 0 Å². The Morgan fingerprint density at radius 1 is 1.23 bits per heavy atom. The number of hydrogen-bond donors (Lipinski definition) is 1. The van der Waals surface area contributed by atoms with E-state index in [9.17, 15) is 9.59 Å². The van der Waals surface area contributed by atoms with E-state index in [1.54, 1.807) is 0 Å². The molecule has 0 aliphatic heterocycles. The number of anilines is 1. The number of fused-ring (bicyclic) bond motifs is 1. The fourth-order valence-corrected chi connectivity index (χ4v) is 3.35. The number of amides is 1. The molecule has 0 spiro atoms. The first-order chi connectivity index (χ1) is 12.4. The number of ether oxygens (including phenoxy) is 1. The number of hydrogen-bond acceptors (Lipinski definition) is 4. The number of pyridine rings is 1. The largest absolute Gasteiger partial charge is 0.452 e. The lowest BCUT2D eigenvalue weighted by Crippen LogP contribution is -2.30. The molecule has 1 atom stereocenters. The number of esters is 1. The van der Waals surface area contributed by atoms with Crippen LogP contribution in [0.25, 0.3) is 0 Å². The molecule has 0 radical (unpaired) electrons. The van der Waals surface area contributed by atoms with Crippen LogP contribution in [0.1, 0.15) is 30.0 Å². The topological polar surface area (TPSA) is 68.3 Å². The fourth-order valence-electron chi connectivity index (χ4n) is 2.92. The SMILES string of the molecule is C[C@H](OC(=O)Cc1ccc2c(c1)CCC2)C(=O)Nc1ncc(Cl)cc1Cl. The van der Waals surface area contributed by atoms with Crippen LogP contribution in [-0.4, -0.2) is 23.0 Å². The molecule has 0 saturated heterocycles. The van der Waals surface area contributed by atoms with E-state index in [-0.39, 0.29) is 17.3 Å². The summed E-state index contributed by atoms with van der Waals surface area (Å²) < 4.78 is 5.22. The summed E-state index contributed by atoms with van der Waals surface area (Å²) in [6, 6.07) is 7.52. The molecule has 7 heteroatoms. The molecule has 1 amide bonds. The standard InChI is InChI=1S/C19H18Cl2N2O3/c1-11(19(25)23-18-16(21)9-15(20)10-22-18)26-17(24)8-12-5-6-13-3-2-4-14(13)7-12/h5-7,9-11H,2-4,8H2,1H3,(H,22,23,25)/t11-/m0/s1. The minimum atomic E-state index is -0.967. The Labute approximate surface area is 161 Å². The van der Waals surface area contributed by atoms with Crippen molar-refractivity contribution >= 4 is 40.9 Å². The van der Waals surface area contributed by atoms with Gasteiger partial charge in [-0.15, -0.1) is 0 Å². The first kappa shape index (κ1) is 18.7. The molecule has 1 aliphatic carbocycles. The number of halogens is 2. The Kier molecular flexibility index (Phi) is 5.79. The molecule has 0 fully saturated rings. The van der Waals surface area contributed by atoms with Gasteiger partial charge in [-0.25, -0.2) is 4.98 Å². The fraction of sp³-hybridized carbons (Fsp3) is 0.316. The average molecular weight is 393 g/mol. The zero-order chi connectivity index (χ0) is 18.7. The maximum Gasteiger partial charge on any atom is 0.311 e. The van der Waals surface area contributed by atoms with Crippen molar-refractivity contribution in [3.63, 3.8) is 0 Å². The first-order valence-electron chi connectivity index (χ1n) is 8.34. The molecule has 5 nitrogen and oxygen atoms in total. The summed E-state index contributed by atoms with van der Waals surface area (Å²) in [4.78, 5) is 28.2. The van der Waals surface area contributed by atoms with E-state index in [4.69, 9.17) is 27.9 Å². The predicted octanol–water partition coefficient (Wildman–Crippen LogP) is 3.99. The van der Waals surface area contributed by atoms with Crippen molar-refractivity contribution in [3.05, 3.63) is 57.2 Å². The Hall–Kier alpha value is -2.11. The molecule has 0 saturated carbocycles. The molecule has 1 aromatic heterocycles. The smallest absolute Gasteiger partial charge is 0.311 e. The number of aromatic nitrogens is 1. The number of rotatable bonds is 5. The molecular weight excluding hydrogens is 375 g/mol. The third-order valence-corrected chi connectivity index (χ3v) is 4.73. The van der Waals surface area contributed by atoms with Gasteiger partial charge in [0.15, 0.2) is 11.9 Å². The van der Waals surface area contributed by atoms with Gasteiger partial charge in [0, 0.05) is 6.20 Å². The Morgan fingerprint density at radius 2 is 2.00 bits per heavy atom. The van der Waals surface area contributed by atoms with Crippen LogP contribution >= 0.6 is 23.2 Å². The van der Waals surface area contributed by atoms with E-state index >= 15 is 0 Å². The number of benzene rings is 1. The highest BCUT2D eigenvalue weighted by molar-refractivity contribution is 6.36. The molecule has 1 heterocycles. The third-order valence-electron chi connectivity index (χ3n) is 4.24. The summed E-state index contributed by atoms with van der Waals surface area (Å²) >= 11 is 11.7. The maximum absolute atomic E-state index is 12.2. The molecular formula is C19H18Cl2N2O3. The lowest BCUT2D eigenvalue weighted by Gasteiger charge is -2.14. The van der Waals surface area contributed by atoms with Crippen molar-refractivity contribution < 1.29 is 14.3 Å². The third kappa shape index (κ3) is 4.54. The summed E-state index contributed by atoms with van der Waals surface area (Å²) in [5.74, 6) is -0.799. The van der Waals surface area contributed by atoms with Crippen LogP contribution in [0.2, 0.25) is 10.0 Å². The molecule has 0 unspecified atom stereocenters. The van der Waals surface area contributed by atoms with E-state index < -0.39 is 18.0 Å². The quantitative estimate of drug-likeness (QED) is 0.780. The second kappa shape index (κ2) is 8.06. The van der Waals surface area contributed by atoms with Gasteiger partial charge in [-0.3, -0.25) is 9.59 Å². The van der Waals surface area contributed by atoms with E-state index in [0.717, 1.165) is 24.8 Å². The lowest BCUT2D eigenvalue weighted by atomic mass is 10.0. The van der Waals surface area contributed by atoms with Crippen LogP contribution in [0, 0.1) is 0 Å². The zero-order valence-electron chi connectivity index (χ0n) is 14.2. The van der Waals surface area contributed by atoms with E-state index in [1.807, 2.05) is 12.1 Å². The van der Waals surface area contributed by atoms with Gasteiger partial charge >= 0.3 is 5.97 Å². The first-order valence-corrected chi connectivity index (χ1v) is 9.10. The second-order valence-electron chi connectivity index (χ2n) is 6.24.